The van der Waals surface area contributed by atoms with Gasteiger partial charge in [-0.1, -0.05) is 42.8 Å². The van der Waals surface area contributed by atoms with Crippen LogP contribution in [-0.2, 0) is 11.3 Å². The molecule has 7 heteroatoms. The van der Waals surface area contributed by atoms with Crippen LogP contribution in [0.25, 0.3) is 6.08 Å². The maximum Gasteiger partial charge on any atom is 0.293 e. The van der Waals surface area contributed by atoms with E-state index in [1.807, 2.05) is 23.1 Å². The lowest BCUT2D eigenvalue weighted by molar-refractivity contribution is -0.123. The lowest BCUT2D eigenvalue weighted by Gasteiger charge is -2.30. The highest BCUT2D eigenvalue weighted by atomic mass is 35.5. The Morgan fingerprint density at radius 3 is 2.52 bits per heavy atom. The summed E-state index contributed by atoms with van der Waals surface area (Å²) >= 11 is 6.92. The second-order valence-electron chi connectivity index (χ2n) is 7.99. The second kappa shape index (κ2) is 9.28. The number of nitrogens with zero attached hydrogens (tertiary/aromatic N) is 2. The molecule has 31 heavy (non-hydrogen) atoms. The minimum Gasteiger partial charge on any atom is -0.339 e. The molecule has 0 N–H and O–H groups in total. The van der Waals surface area contributed by atoms with E-state index in [1.54, 1.807) is 36.4 Å². The summed E-state index contributed by atoms with van der Waals surface area (Å²) in [5.41, 5.74) is 2.21. The number of rotatable bonds is 4. The number of hydrogen-bond donors (Lipinski definition) is 0. The molecule has 0 atom stereocenters. The molecule has 3 amide bonds. The summed E-state index contributed by atoms with van der Waals surface area (Å²) in [6.45, 7) is 3.99. The maximum absolute atomic E-state index is 12.7. The molecule has 0 aromatic heterocycles. The van der Waals surface area contributed by atoms with Crippen molar-refractivity contribution in [2.45, 2.75) is 26.3 Å². The first-order valence-corrected chi connectivity index (χ1v) is 11.5. The molecule has 2 aromatic carbocycles. The number of piperidine rings is 1. The number of amides is 3. The SMILES string of the molecule is CC1CCN(C(=O)c2ccc(/C=C3\SC(=O)N(Cc4cccc(Cl)c4)C3=O)cc2)CC1. The number of imide groups is 1. The third-order valence-electron chi connectivity index (χ3n) is 5.63. The van der Waals surface area contributed by atoms with Crippen LogP contribution in [0.5, 0.6) is 0 Å². The number of carbonyl (C=O) groups is 3. The number of halogens is 1. The molecule has 2 aliphatic rings. The van der Waals surface area contributed by atoms with Gasteiger partial charge < -0.3 is 4.90 Å². The maximum atomic E-state index is 12.7. The van der Waals surface area contributed by atoms with Crippen LogP contribution in [0, 0.1) is 5.92 Å². The topological polar surface area (TPSA) is 57.7 Å². The highest BCUT2D eigenvalue weighted by Gasteiger charge is 2.35. The molecule has 2 aromatic rings. The number of likely N-dealkylation sites (tertiary alicyclic amines) is 1. The van der Waals surface area contributed by atoms with Crippen LogP contribution in [-0.4, -0.2) is 39.9 Å². The summed E-state index contributed by atoms with van der Waals surface area (Å²) in [4.78, 5) is 41.3. The first kappa shape index (κ1) is 21.7. The van der Waals surface area contributed by atoms with Gasteiger partial charge in [0.05, 0.1) is 11.4 Å². The van der Waals surface area contributed by atoms with Gasteiger partial charge in [-0.05, 0) is 72.0 Å². The average molecular weight is 455 g/mol. The summed E-state index contributed by atoms with van der Waals surface area (Å²) in [5, 5.41) is 0.260. The quantitative estimate of drug-likeness (QED) is 0.576. The van der Waals surface area contributed by atoms with Gasteiger partial charge in [0.25, 0.3) is 17.1 Å². The molecule has 0 bridgehead atoms. The van der Waals surface area contributed by atoms with Gasteiger partial charge >= 0.3 is 0 Å². The highest BCUT2D eigenvalue weighted by molar-refractivity contribution is 8.18. The minimum absolute atomic E-state index is 0.0419. The third-order valence-corrected chi connectivity index (χ3v) is 6.77. The largest absolute Gasteiger partial charge is 0.339 e. The second-order valence-corrected chi connectivity index (χ2v) is 9.42. The molecule has 5 nitrogen and oxygen atoms in total. The molecule has 4 rings (SSSR count). The summed E-state index contributed by atoms with van der Waals surface area (Å²) < 4.78 is 0. The molecule has 0 spiro atoms. The molecule has 160 valence electrons. The van der Waals surface area contributed by atoms with Crippen molar-refractivity contribution in [3.05, 3.63) is 75.1 Å². The van der Waals surface area contributed by atoms with E-state index in [2.05, 4.69) is 6.92 Å². The minimum atomic E-state index is -0.322. The monoisotopic (exact) mass is 454 g/mol. The molecule has 2 aliphatic heterocycles. The summed E-state index contributed by atoms with van der Waals surface area (Å²) in [5.74, 6) is 0.388. The fourth-order valence-corrected chi connectivity index (χ4v) is 4.77. The van der Waals surface area contributed by atoms with E-state index in [1.165, 1.54) is 4.90 Å². The van der Waals surface area contributed by atoms with Crippen molar-refractivity contribution < 1.29 is 14.4 Å². The van der Waals surface area contributed by atoms with Gasteiger partial charge in [0.1, 0.15) is 0 Å². The van der Waals surface area contributed by atoms with Gasteiger partial charge in [-0.15, -0.1) is 0 Å². The van der Waals surface area contributed by atoms with Gasteiger partial charge in [-0.25, -0.2) is 0 Å². The summed E-state index contributed by atoms with van der Waals surface area (Å²) in [6, 6.07) is 14.3. The predicted molar refractivity (Wildman–Crippen MR) is 124 cm³/mol. The number of hydrogen-bond acceptors (Lipinski definition) is 4. The van der Waals surface area contributed by atoms with Gasteiger partial charge in [-0.3, -0.25) is 19.3 Å². The molecule has 0 aliphatic carbocycles. The molecule has 0 radical (unpaired) electrons. The van der Waals surface area contributed by atoms with E-state index in [0.29, 0.717) is 21.4 Å². The lowest BCUT2D eigenvalue weighted by Crippen LogP contribution is -2.37. The average Bonchev–Trinajstić information content (AvgIpc) is 3.02. The third kappa shape index (κ3) is 5.02. The molecule has 2 saturated heterocycles. The zero-order chi connectivity index (χ0) is 22.0. The number of thioether (sulfide) groups is 1. The van der Waals surface area contributed by atoms with E-state index in [4.69, 9.17) is 11.6 Å². The smallest absolute Gasteiger partial charge is 0.293 e. The Kier molecular flexibility index (Phi) is 6.49. The molecule has 2 fully saturated rings. The Labute approximate surface area is 191 Å². The Morgan fingerprint density at radius 1 is 1.13 bits per heavy atom. The van der Waals surface area contributed by atoms with Crippen LogP contribution < -0.4 is 0 Å². The Bertz CT molecular complexity index is 1040. The van der Waals surface area contributed by atoms with Gasteiger partial charge in [0, 0.05) is 23.7 Å². The van der Waals surface area contributed by atoms with E-state index >= 15 is 0 Å². The standard InChI is InChI=1S/C24H23ClN2O3S/c1-16-9-11-26(12-10-16)22(28)19-7-5-17(6-8-19)14-21-23(29)27(24(30)31-21)15-18-3-2-4-20(25)13-18/h2-8,13-14,16H,9-12,15H2,1H3/b21-14-. The number of carbonyl (C=O) groups excluding carboxylic acids is 3. The van der Waals surface area contributed by atoms with Crippen molar-refractivity contribution in [2.75, 3.05) is 13.1 Å². The summed E-state index contributed by atoms with van der Waals surface area (Å²) in [7, 11) is 0. The van der Waals surface area contributed by atoms with Crippen molar-refractivity contribution in [3.63, 3.8) is 0 Å². The van der Waals surface area contributed by atoms with Crippen molar-refractivity contribution in [2.24, 2.45) is 5.92 Å². The van der Waals surface area contributed by atoms with E-state index in [9.17, 15) is 14.4 Å². The van der Waals surface area contributed by atoms with Crippen molar-refractivity contribution >= 4 is 46.5 Å². The lowest BCUT2D eigenvalue weighted by atomic mass is 9.98. The van der Waals surface area contributed by atoms with Crippen LogP contribution in [0.2, 0.25) is 5.02 Å². The zero-order valence-electron chi connectivity index (χ0n) is 17.2. The summed E-state index contributed by atoms with van der Waals surface area (Å²) in [6.07, 6.45) is 3.77. The van der Waals surface area contributed by atoms with Crippen LogP contribution in [0.1, 0.15) is 41.3 Å². The highest BCUT2D eigenvalue weighted by Crippen LogP contribution is 2.33. The van der Waals surface area contributed by atoms with Crippen molar-refractivity contribution in [1.29, 1.82) is 0 Å². The van der Waals surface area contributed by atoms with E-state index in [0.717, 1.165) is 48.8 Å². The van der Waals surface area contributed by atoms with Crippen LogP contribution >= 0.6 is 23.4 Å². The van der Waals surface area contributed by atoms with Crippen LogP contribution in [0.15, 0.2) is 53.4 Å². The predicted octanol–water partition coefficient (Wildman–Crippen LogP) is 5.45. The number of benzene rings is 2. The van der Waals surface area contributed by atoms with E-state index in [-0.39, 0.29) is 23.6 Å². The fourth-order valence-electron chi connectivity index (χ4n) is 3.72. The van der Waals surface area contributed by atoms with Gasteiger partial charge in [-0.2, -0.15) is 0 Å². The Hall–Kier alpha value is -2.57. The fraction of sp³-hybridized carbons (Fsp3) is 0.292. The van der Waals surface area contributed by atoms with Gasteiger partial charge in [0.15, 0.2) is 0 Å². The normalized spacial score (nSPS) is 18.8. The Morgan fingerprint density at radius 2 is 1.84 bits per heavy atom. The van der Waals surface area contributed by atoms with Crippen molar-refractivity contribution in [3.8, 4) is 0 Å². The molecular weight excluding hydrogens is 432 g/mol. The molecule has 2 heterocycles. The van der Waals surface area contributed by atoms with E-state index < -0.39 is 0 Å². The van der Waals surface area contributed by atoms with Crippen molar-refractivity contribution in [1.82, 2.24) is 9.80 Å². The van der Waals surface area contributed by atoms with Crippen LogP contribution in [0.3, 0.4) is 0 Å². The molecule has 0 saturated carbocycles. The molecule has 0 unspecified atom stereocenters. The first-order chi connectivity index (χ1) is 14.9. The molecular formula is C24H23ClN2O3S. The first-order valence-electron chi connectivity index (χ1n) is 10.3. The van der Waals surface area contributed by atoms with Crippen LogP contribution in [0.4, 0.5) is 4.79 Å². The zero-order valence-corrected chi connectivity index (χ0v) is 18.8. The Balaban J connectivity index is 1.44. The van der Waals surface area contributed by atoms with Gasteiger partial charge in [0.2, 0.25) is 0 Å².